The lowest BCUT2D eigenvalue weighted by molar-refractivity contribution is -0.255. The van der Waals surface area contributed by atoms with Gasteiger partial charge in [0.2, 0.25) is 5.78 Å². The van der Waals surface area contributed by atoms with Gasteiger partial charge in [-0.05, 0) is 54.7 Å². The fraction of sp³-hybridized carbons (Fsp3) is 0.667. The van der Waals surface area contributed by atoms with E-state index in [0.717, 1.165) is 69.8 Å². The third kappa shape index (κ3) is 4.19. The number of carbonyl (C=O) groups excluding carboxylic acids is 1. The molecular weight excluding hydrogens is 363 g/mol. The normalized spacial score (nSPS) is 20.6. The van der Waals surface area contributed by atoms with E-state index < -0.39 is 23.4 Å². The summed E-state index contributed by atoms with van der Waals surface area (Å²) >= 11 is 0. The zero-order valence-electron chi connectivity index (χ0n) is 15.3. The zero-order valence-corrected chi connectivity index (χ0v) is 15.3. The summed E-state index contributed by atoms with van der Waals surface area (Å²) in [4.78, 5) is 12.3. The quantitative estimate of drug-likeness (QED) is 0.395. The number of carbonyl (C=O) groups is 1. The van der Waals surface area contributed by atoms with Crippen molar-refractivity contribution in [2.45, 2.75) is 88.1 Å². The molecule has 0 aliphatic heterocycles. The molecule has 0 atom stereocenters. The van der Waals surface area contributed by atoms with E-state index in [9.17, 15) is 26.7 Å². The molecule has 2 aliphatic rings. The van der Waals surface area contributed by atoms with Crippen molar-refractivity contribution in [2.75, 3.05) is 0 Å². The highest BCUT2D eigenvalue weighted by Gasteiger charge is 2.63. The third-order valence-electron chi connectivity index (χ3n) is 6.08. The van der Waals surface area contributed by atoms with Crippen molar-refractivity contribution in [3.63, 3.8) is 0 Å². The number of Topliss-reactive ketones (excluding diaryl/α,β-unsaturated/α-hetero) is 1. The van der Waals surface area contributed by atoms with Crippen LogP contribution >= 0.6 is 0 Å². The SMILES string of the molecule is O=C(c1cc(C2CCCCC2)ccc1C1CCCCC1)C(F)(F)C(F)(F)F. The number of hydrogen-bond acceptors (Lipinski definition) is 1. The Morgan fingerprint density at radius 2 is 1.30 bits per heavy atom. The minimum atomic E-state index is -5.88. The van der Waals surface area contributed by atoms with Gasteiger partial charge in [-0.1, -0.05) is 50.7 Å². The molecule has 0 spiro atoms. The Balaban J connectivity index is 2.01. The first kappa shape index (κ1) is 20.3. The van der Waals surface area contributed by atoms with E-state index in [1.807, 2.05) is 6.07 Å². The van der Waals surface area contributed by atoms with Crippen molar-refractivity contribution < 1.29 is 26.7 Å². The summed E-state index contributed by atoms with van der Waals surface area (Å²) in [5.74, 6) is -7.46. The number of benzene rings is 1. The summed E-state index contributed by atoms with van der Waals surface area (Å²) in [5.41, 5.74) is 0.658. The highest BCUT2D eigenvalue weighted by atomic mass is 19.4. The summed E-state index contributed by atoms with van der Waals surface area (Å²) < 4.78 is 66.2. The molecule has 3 rings (SSSR count). The van der Waals surface area contributed by atoms with Gasteiger partial charge >= 0.3 is 12.1 Å². The molecule has 2 saturated carbocycles. The molecule has 1 nitrogen and oxygen atoms in total. The van der Waals surface area contributed by atoms with Gasteiger partial charge in [0.25, 0.3) is 0 Å². The van der Waals surface area contributed by atoms with Gasteiger partial charge in [-0.2, -0.15) is 22.0 Å². The Hall–Kier alpha value is -1.46. The lowest BCUT2D eigenvalue weighted by Crippen LogP contribution is -2.44. The lowest BCUT2D eigenvalue weighted by Gasteiger charge is -2.28. The predicted molar refractivity (Wildman–Crippen MR) is 93.4 cm³/mol. The Morgan fingerprint density at radius 1 is 0.778 bits per heavy atom. The molecule has 27 heavy (non-hydrogen) atoms. The Labute approximate surface area is 156 Å². The minimum Gasteiger partial charge on any atom is -0.287 e. The van der Waals surface area contributed by atoms with E-state index in [0.29, 0.717) is 5.56 Å². The molecule has 0 saturated heterocycles. The Kier molecular flexibility index (Phi) is 5.92. The molecule has 0 aromatic heterocycles. The molecule has 2 aliphatic carbocycles. The zero-order chi connectivity index (χ0) is 19.7. The van der Waals surface area contributed by atoms with Crippen molar-refractivity contribution >= 4 is 5.78 Å². The predicted octanol–water partition coefficient (Wildman–Crippen LogP) is 7.16. The largest absolute Gasteiger partial charge is 0.461 e. The maximum Gasteiger partial charge on any atom is 0.461 e. The maximum atomic E-state index is 13.9. The molecule has 0 heterocycles. The van der Waals surface area contributed by atoms with Gasteiger partial charge in [0, 0.05) is 5.56 Å². The van der Waals surface area contributed by atoms with Crippen LogP contribution in [-0.2, 0) is 0 Å². The molecule has 2 fully saturated rings. The van der Waals surface area contributed by atoms with Gasteiger partial charge in [-0.15, -0.1) is 0 Å². The number of halogens is 5. The first-order valence-corrected chi connectivity index (χ1v) is 9.85. The van der Waals surface area contributed by atoms with E-state index in [1.54, 1.807) is 6.07 Å². The number of hydrogen-bond donors (Lipinski definition) is 0. The summed E-state index contributed by atoms with van der Waals surface area (Å²) in [6, 6.07) is 4.81. The Morgan fingerprint density at radius 3 is 1.81 bits per heavy atom. The molecule has 0 radical (unpaired) electrons. The van der Waals surface area contributed by atoms with Crippen molar-refractivity contribution in [3.05, 3.63) is 34.9 Å². The number of ketones is 1. The molecule has 0 bridgehead atoms. The molecule has 0 unspecified atom stereocenters. The van der Waals surface area contributed by atoms with Gasteiger partial charge in [0.1, 0.15) is 0 Å². The second-order valence-corrected chi connectivity index (χ2v) is 7.92. The minimum absolute atomic E-state index is 0.123. The fourth-order valence-electron chi connectivity index (χ4n) is 4.53. The third-order valence-corrected chi connectivity index (χ3v) is 6.08. The molecule has 150 valence electrons. The second-order valence-electron chi connectivity index (χ2n) is 7.92. The van der Waals surface area contributed by atoms with Gasteiger partial charge in [0.15, 0.2) is 0 Å². The van der Waals surface area contributed by atoms with Crippen LogP contribution in [0.1, 0.15) is 97.5 Å². The van der Waals surface area contributed by atoms with Gasteiger partial charge in [-0.3, -0.25) is 4.79 Å². The number of rotatable bonds is 4. The van der Waals surface area contributed by atoms with Crippen molar-refractivity contribution in [3.8, 4) is 0 Å². The number of alkyl halides is 5. The summed E-state index contributed by atoms with van der Waals surface area (Å²) in [6.45, 7) is 0. The fourth-order valence-corrected chi connectivity index (χ4v) is 4.53. The van der Waals surface area contributed by atoms with Crippen molar-refractivity contribution in [1.82, 2.24) is 0 Å². The summed E-state index contributed by atoms with van der Waals surface area (Å²) in [6.07, 6.45) is 3.28. The first-order chi connectivity index (χ1) is 12.7. The lowest BCUT2D eigenvalue weighted by atomic mass is 9.78. The standard InChI is InChI=1S/C21H25F5O/c22-20(23,21(24,25)26)19(27)18-13-16(14-7-3-1-4-8-14)11-12-17(18)15-9-5-2-6-10-15/h11-15H,1-10H2. The van der Waals surface area contributed by atoms with E-state index in [-0.39, 0.29) is 11.8 Å². The van der Waals surface area contributed by atoms with Gasteiger partial charge in [-0.25, -0.2) is 0 Å². The van der Waals surface area contributed by atoms with E-state index in [2.05, 4.69) is 0 Å². The first-order valence-electron chi connectivity index (χ1n) is 9.85. The summed E-state index contributed by atoms with van der Waals surface area (Å²) in [5, 5.41) is 0. The smallest absolute Gasteiger partial charge is 0.287 e. The highest BCUT2D eigenvalue weighted by Crippen LogP contribution is 2.43. The van der Waals surface area contributed by atoms with Crippen molar-refractivity contribution in [1.29, 1.82) is 0 Å². The van der Waals surface area contributed by atoms with E-state index >= 15 is 0 Å². The second kappa shape index (κ2) is 7.88. The van der Waals surface area contributed by atoms with E-state index in [4.69, 9.17) is 0 Å². The molecule has 0 amide bonds. The average molecular weight is 388 g/mol. The van der Waals surface area contributed by atoms with Crippen molar-refractivity contribution in [2.24, 2.45) is 0 Å². The van der Waals surface area contributed by atoms with Crippen LogP contribution in [0.4, 0.5) is 22.0 Å². The maximum absolute atomic E-state index is 13.9. The van der Waals surface area contributed by atoms with Gasteiger partial charge < -0.3 is 0 Å². The van der Waals surface area contributed by atoms with Gasteiger partial charge in [0.05, 0.1) is 0 Å². The van der Waals surface area contributed by atoms with Crippen LogP contribution in [-0.4, -0.2) is 17.9 Å². The molecule has 1 aromatic carbocycles. The van der Waals surface area contributed by atoms with Crippen LogP contribution in [0.15, 0.2) is 18.2 Å². The van der Waals surface area contributed by atoms with Crippen LogP contribution in [0.3, 0.4) is 0 Å². The topological polar surface area (TPSA) is 17.1 Å². The summed E-state index contributed by atoms with van der Waals surface area (Å²) in [7, 11) is 0. The monoisotopic (exact) mass is 388 g/mol. The highest BCUT2D eigenvalue weighted by molar-refractivity contribution is 6.03. The average Bonchev–Trinajstić information content (AvgIpc) is 2.67. The van der Waals surface area contributed by atoms with E-state index in [1.165, 1.54) is 6.07 Å². The van der Waals surface area contributed by atoms with Crippen LogP contribution in [0, 0.1) is 0 Å². The molecule has 0 N–H and O–H groups in total. The molecular formula is C21H25F5O. The van der Waals surface area contributed by atoms with Crippen LogP contribution in [0.2, 0.25) is 0 Å². The van der Waals surface area contributed by atoms with Crippen LogP contribution in [0.25, 0.3) is 0 Å². The van der Waals surface area contributed by atoms with Crippen LogP contribution < -0.4 is 0 Å². The Bertz CT molecular complexity index is 668. The molecule has 1 aromatic rings. The van der Waals surface area contributed by atoms with Crippen LogP contribution in [0.5, 0.6) is 0 Å². The molecule has 6 heteroatoms.